The Balaban J connectivity index is 1.73. The maximum atomic E-state index is 10.6. The smallest absolute Gasteiger partial charge is 0.493 e. The van der Waals surface area contributed by atoms with E-state index in [-0.39, 0.29) is 5.92 Å². The number of ether oxygens (including phenoxy) is 2. The molecule has 1 aliphatic heterocycles. The lowest BCUT2D eigenvalue weighted by molar-refractivity contribution is 0.144. The van der Waals surface area contributed by atoms with E-state index in [1.807, 2.05) is 12.1 Å². The summed E-state index contributed by atoms with van der Waals surface area (Å²) >= 11 is 0. The molecular formula is C21H18O4. The molecule has 0 amide bonds. The molecule has 1 unspecified atom stereocenters. The Labute approximate surface area is 145 Å². The molecule has 0 spiro atoms. The lowest BCUT2D eigenvalue weighted by Crippen LogP contribution is -2.15. The highest BCUT2D eigenvalue weighted by atomic mass is 16.7. The van der Waals surface area contributed by atoms with Gasteiger partial charge in [-0.3, -0.25) is 0 Å². The first-order valence-electron chi connectivity index (χ1n) is 8.28. The lowest BCUT2D eigenvalue weighted by Gasteiger charge is -2.27. The molecule has 3 aromatic rings. The number of rotatable bonds is 2. The van der Waals surface area contributed by atoms with Gasteiger partial charge in [0.2, 0.25) is 0 Å². The zero-order valence-electron chi connectivity index (χ0n) is 13.9. The summed E-state index contributed by atoms with van der Waals surface area (Å²) in [4.78, 5) is 10.6. The van der Waals surface area contributed by atoms with E-state index in [0.29, 0.717) is 12.4 Å². The average Bonchev–Trinajstić information content (AvgIpc) is 2.59. The largest absolute Gasteiger partial charge is 0.511 e. The zero-order valence-corrected chi connectivity index (χ0v) is 13.9. The van der Waals surface area contributed by atoms with Crippen LogP contribution >= 0.6 is 0 Å². The van der Waals surface area contributed by atoms with Crippen molar-refractivity contribution in [3.05, 3.63) is 71.3 Å². The van der Waals surface area contributed by atoms with E-state index in [0.717, 1.165) is 17.7 Å². The van der Waals surface area contributed by atoms with Gasteiger partial charge in [-0.1, -0.05) is 35.9 Å². The van der Waals surface area contributed by atoms with Crippen LogP contribution in [0.15, 0.2) is 54.6 Å². The Bertz CT molecular complexity index is 944. The van der Waals surface area contributed by atoms with Gasteiger partial charge in [-0.25, -0.2) is 4.79 Å². The van der Waals surface area contributed by atoms with Crippen LogP contribution in [0, 0.1) is 6.92 Å². The van der Waals surface area contributed by atoms with Crippen LogP contribution < -0.4 is 9.47 Å². The van der Waals surface area contributed by atoms with Crippen LogP contribution in [0.25, 0.3) is 10.8 Å². The Kier molecular flexibility index (Phi) is 3.80. The Morgan fingerprint density at radius 3 is 2.64 bits per heavy atom. The molecule has 1 atom stereocenters. The Hall–Kier alpha value is -3.01. The number of benzene rings is 3. The van der Waals surface area contributed by atoms with E-state index in [1.165, 1.54) is 21.9 Å². The molecule has 3 aromatic carbocycles. The fourth-order valence-electron chi connectivity index (χ4n) is 3.47. The van der Waals surface area contributed by atoms with Crippen molar-refractivity contribution in [1.82, 2.24) is 0 Å². The summed E-state index contributed by atoms with van der Waals surface area (Å²) in [6, 6.07) is 18.0. The van der Waals surface area contributed by atoms with Gasteiger partial charge in [0, 0.05) is 11.5 Å². The molecule has 126 valence electrons. The first-order chi connectivity index (χ1) is 12.1. The van der Waals surface area contributed by atoms with Crippen molar-refractivity contribution < 1.29 is 19.4 Å². The number of carboxylic acid groups (broad SMARTS) is 1. The SMILES string of the molecule is Cc1ccc2cc3c(cc2c1)OCCC3c1ccc(OC(=O)O)cc1. The molecule has 1 heterocycles. The maximum absolute atomic E-state index is 10.6. The van der Waals surface area contributed by atoms with E-state index >= 15 is 0 Å². The summed E-state index contributed by atoms with van der Waals surface area (Å²) in [7, 11) is 0. The van der Waals surface area contributed by atoms with Crippen LogP contribution in [-0.2, 0) is 0 Å². The van der Waals surface area contributed by atoms with Crippen LogP contribution in [0.3, 0.4) is 0 Å². The van der Waals surface area contributed by atoms with Crippen molar-refractivity contribution in [2.24, 2.45) is 0 Å². The lowest BCUT2D eigenvalue weighted by atomic mass is 9.85. The van der Waals surface area contributed by atoms with Crippen molar-refractivity contribution >= 4 is 16.9 Å². The number of fused-ring (bicyclic) bond motifs is 2. The average molecular weight is 334 g/mol. The molecule has 0 radical (unpaired) electrons. The number of hydrogen-bond acceptors (Lipinski definition) is 3. The predicted molar refractivity (Wildman–Crippen MR) is 95.7 cm³/mol. The van der Waals surface area contributed by atoms with Crippen LogP contribution in [0.1, 0.15) is 29.0 Å². The molecule has 1 N–H and O–H groups in total. The van der Waals surface area contributed by atoms with Gasteiger partial charge in [0.15, 0.2) is 0 Å². The second kappa shape index (κ2) is 6.13. The van der Waals surface area contributed by atoms with Crippen molar-refractivity contribution in [2.75, 3.05) is 6.61 Å². The molecule has 1 aliphatic rings. The van der Waals surface area contributed by atoms with Crippen molar-refractivity contribution in [3.8, 4) is 11.5 Å². The minimum Gasteiger partial charge on any atom is -0.493 e. The van der Waals surface area contributed by atoms with E-state index < -0.39 is 6.16 Å². The Morgan fingerprint density at radius 1 is 1.08 bits per heavy atom. The highest BCUT2D eigenvalue weighted by molar-refractivity contribution is 5.86. The molecular weight excluding hydrogens is 316 g/mol. The van der Waals surface area contributed by atoms with Gasteiger partial charge < -0.3 is 14.6 Å². The van der Waals surface area contributed by atoms with E-state index in [9.17, 15) is 4.79 Å². The van der Waals surface area contributed by atoms with Crippen LogP contribution in [0.4, 0.5) is 4.79 Å². The van der Waals surface area contributed by atoms with Gasteiger partial charge >= 0.3 is 6.16 Å². The number of hydrogen-bond donors (Lipinski definition) is 1. The van der Waals surface area contributed by atoms with Crippen LogP contribution in [-0.4, -0.2) is 17.9 Å². The Morgan fingerprint density at radius 2 is 1.88 bits per heavy atom. The highest BCUT2D eigenvalue weighted by Crippen LogP contribution is 2.40. The summed E-state index contributed by atoms with van der Waals surface area (Å²) in [5, 5.41) is 11.1. The van der Waals surface area contributed by atoms with Crippen molar-refractivity contribution in [1.29, 1.82) is 0 Å². The van der Waals surface area contributed by atoms with Crippen LogP contribution in [0.5, 0.6) is 11.5 Å². The molecule has 0 fully saturated rings. The third-order valence-electron chi connectivity index (χ3n) is 4.65. The molecule has 4 rings (SSSR count). The van der Waals surface area contributed by atoms with Gasteiger partial charge in [-0.15, -0.1) is 0 Å². The monoisotopic (exact) mass is 334 g/mol. The molecule has 0 aromatic heterocycles. The molecule has 4 heteroatoms. The minimum atomic E-state index is -1.30. The molecule has 0 bridgehead atoms. The summed E-state index contributed by atoms with van der Waals surface area (Å²) < 4.78 is 10.6. The second-order valence-corrected chi connectivity index (χ2v) is 6.37. The predicted octanol–water partition coefficient (Wildman–Crippen LogP) is 5.12. The summed E-state index contributed by atoms with van der Waals surface area (Å²) in [6.45, 7) is 2.76. The summed E-state index contributed by atoms with van der Waals surface area (Å²) in [5.41, 5.74) is 3.54. The van der Waals surface area contributed by atoms with E-state index in [2.05, 4.69) is 42.0 Å². The summed E-state index contributed by atoms with van der Waals surface area (Å²) in [5.74, 6) is 1.49. The van der Waals surface area contributed by atoms with Gasteiger partial charge in [0.25, 0.3) is 0 Å². The molecule has 0 saturated heterocycles. The third-order valence-corrected chi connectivity index (χ3v) is 4.65. The van der Waals surface area contributed by atoms with Crippen LogP contribution in [0.2, 0.25) is 0 Å². The molecule has 0 saturated carbocycles. The standard InChI is InChI=1S/C21H18O4/c1-13-2-3-15-11-19-18(8-9-24-20(19)12-16(15)10-13)14-4-6-17(7-5-14)25-21(22)23/h2-7,10-12,18H,8-9H2,1H3,(H,22,23). The topological polar surface area (TPSA) is 55.8 Å². The normalized spacial score (nSPS) is 16.1. The highest BCUT2D eigenvalue weighted by Gasteiger charge is 2.23. The minimum absolute atomic E-state index is 0.230. The first-order valence-corrected chi connectivity index (χ1v) is 8.28. The number of aryl methyl sites for hydroxylation is 1. The van der Waals surface area contributed by atoms with E-state index in [1.54, 1.807) is 12.1 Å². The van der Waals surface area contributed by atoms with Gasteiger partial charge in [0.1, 0.15) is 11.5 Å². The maximum Gasteiger partial charge on any atom is 0.511 e. The molecule has 4 nitrogen and oxygen atoms in total. The fraction of sp³-hybridized carbons (Fsp3) is 0.190. The van der Waals surface area contributed by atoms with Crippen molar-refractivity contribution in [2.45, 2.75) is 19.3 Å². The zero-order chi connectivity index (χ0) is 17.4. The molecule has 0 aliphatic carbocycles. The number of carbonyl (C=O) groups is 1. The van der Waals surface area contributed by atoms with Gasteiger partial charge in [-0.05, 0) is 53.9 Å². The quantitative estimate of drug-likeness (QED) is 0.522. The summed E-state index contributed by atoms with van der Waals surface area (Å²) in [6.07, 6.45) is -0.408. The van der Waals surface area contributed by atoms with Gasteiger partial charge in [-0.2, -0.15) is 0 Å². The van der Waals surface area contributed by atoms with Gasteiger partial charge in [0.05, 0.1) is 6.61 Å². The first kappa shape index (κ1) is 15.5. The molecule has 25 heavy (non-hydrogen) atoms. The van der Waals surface area contributed by atoms with Crippen molar-refractivity contribution in [3.63, 3.8) is 0 Å². The second-order valence-electron chi connectivity index (χ2n) is 6.37. The van der Waals surface area contributed by atoms with E-state index in [4.69, 9.17) is 9.84 Å². The fourth-order valence-corrected chi connectivity index (χ4v) is 3.47. The third kappa shape index (κ3) is 3.03.